The minimum absolute atomic E-state index is 0.115. The second-order valence-electron chi connectivity index (χ2n) is 5.51. The number of aryl methyl sites for hydroxylation is 1. The fourth-order valence-corrected chi connectivity index (χ4v) is 2.47. The normalized spacial score (nSPS) is 10.4. The average Bonchev–Trinajstić information content (AvgIpc) is 2.59. The molecule has 2 aromatic rings. The van der Waals surface area contributed by atoms with E-state index in [2.05, 4.69) is 0 Å². The lowest BCUT2D eigenvalue weighted by Gasteiger charge is -2.22. The number of aliphatic hydroxyl groups is 1. The van der Waals surface area contributed by atoms with Gasteiger partial charge in [0.15, 0.2) is 0 Å². The molecule has 0 aliphatic rings. The maximum Gasteiger partial charge on any atom is 0.270 e. The van der Waals surface area contributed by atoms with Crippen LogP contribution < -0.4 is 0 Å². The van der Waals surface area contributed by atoms with Gasteiger partial charge in [0.1, 0.15) is 0 Å². The summed E-state index contributed by atoms with van der Waals surface area (Å²) in [5.74, 6) is -0.304. The molecule has 2 rings (SSSR count). The van der Waals surface area contributed by atoms with Gasteiger partial charge in [-0.1, -0.05) is 36.4 Å². The predicted octanol–water partition coefficient (Wildman–Crippen LogP) is 2.58. The van der Waals surface area contributed by atoms with Crippen molar-refractivity contribution in [2.24, 2.45) is 0 Å². The van der Waals surface area contributed by atoms with Crippen molar-refractivity contribution in [3.05, 3.63) is 75.3 Å². The first-order valence-electron chi connectivity index (χ1n) is 7.72. The zero-order valence-corrected chi connectivity index (χ0v) is 13.5. The van der Waals surface area contributed by atoms with E-state index in [0.29, 0.717) is 24.1 Å². The lowest BCUT2D eigenvalue weighted by atomic mass is 10.1. The Morgan fingerprint density at radius 2 is 1.88 bits per heavy atom. The van der Waals surface area contributed by atoms with Gasteiger partial charge in [-0.15, -0.1) is 0 Å². The van der Waals surface area contributed by atoms with E-state index in [-0.39, 0.29) is 24.7 Å². The number of aliphatic hydroxyl groups excluding tert-OH is 1. The highest BCUT2D eigenvalue weighted by atomic mass is 16.6. The Balaban J connectivity index is 2.19. The summed E-state index contributed by atoms with van der Waals surface area (Å²) in [6, 6.07) is 14.0. The van der Waals surface area contributed by atoms with Gasteiger partial charge >= 0.3 is 0 Å². The first-order valence-corrected chi connectivity index (χ1v) is 7.72. The van der Waals surface area contributed by atoms with Crippen LogP contribution in [0, 0.1) is 17.0 Å². The van der Waals surface area contributed by atoms with E-state index in [1.54, 1.807) is 13.0 Å². The number of hydrogen-bond acceptors (Lipinski definition) is 4. The first kappa shape index (κ1) is 17.6. The highest BCUT2D eigenvalue weighted by Gasteiger charge is 2.20. The van der Waals surface area contributed by atoms with Crippen LogP contribution in [0.3, 0.4) is 0 Å². The van der Waals surface area contributed by atoms with Gasteiger partial charge < -0.3 is 10.0 Å². The molecule has 0 fully saturated rings. The Bertz CT molecular complexity index is 716. The second-order valence-corrected chi connectivity index (χ2v) is 5.51. The molecule has 0 aliphatic carbocycles. The van der Waals surface area contributed by atoms with Crippen LogP contribution in [0.1, 0.15) is 21.5 Å². The fraction of sp³-hybridized carbons (Fsp3) is 0.278. The smallest absolute Gasteiger partial charge is 0.270 e. The molecule has 0 saturated heterocycles. The topological polar surface area (TPSA) is 83.7 Å². The van der Waals surface area contributed by atoms with Gasteiger partial charge in [-0.2, -0.15) is 0 Å². The molecule has 0 aliphatic heterocycles. The zero-order chi connectivity index (χ0) is 17.5. The van der Waals surface area contributed by atoms with Crippen molar-refractivity contribution in [2.45, 2.75) is 13.3 Å². The molecule has 0 atom stereocenters. The molecule has 0 radical (unpaired) electrons. The molecule has 0 heterocycles. The van der Waals surface area contributed by atoms with Crippen molar-refractivity contribution in [1.82, 2.24) is 4.90 Å². The van der Waals surface area contributed by atoms with Crippen molar-refractivity contribution >= 4 is 11.6 Å². The molecule has 0 saturated carbocycles. The maximum atomic E-state index is 12.7. The lowest BCUT2D eigenvalue weighted by Crippen LogP contribution is -2.35. The molecule has 0 spiro atoms. The third-order valence-electron chi connectivity index (χ3n) is 3.83. The van der Waals surface area contributed by atoms with Crippen LogP contribution in [0.2, 0.25) is 0 Å². The summed E-state index contributed by atoms with van der Waals surface area (Å²) in [5, 5.41) is 20.2. The Morgan fingerprint density at radius 3 is 2.50 bits per heavy atom. The number of nitrogens with zero attached hydrogens (tertiary/aromatic N) is 2. The van der Waals surface area contributed by atoms with Gasteiger partial charge in [0, 0.05) is 30.8 Å². The predicted molar refractivity (Wildman–Crippen MR) is 91.0 cm³/mol. The van der Waals surface area contributed by atoms with Crippen molar-refractivity contribution < 1.29 is 14.8 Å². The molecule has 0 bridgehead atoms. The summed E-state index contributed by atoms with van der Waals surface area (Å²) in [6.45, 7) is 2.21. The Kier molecular flexibility index (Phi) is 6.03. The molecule has 126 valence electrons. The van der Waals surface area contributed by atoms with Crippen LogP contribution >= 0.6 is 0 Å². The molecule has 0 aromatic heterocycles. The number of benzene rings is 2. The van der Waals surface area contributed by atoms with Crippen LogP contribution in [0.25, 0.3) is 0 Å². The molecule has 1 amide bonds. The Labute approximate surface area is 140 Å². The zero-order valence-electron chi connectivity index (χ0n) is 13.5. The van der Waals surface area contributed by atoms with Crippen molar-refractivity contribution in [3.8, 4) is 0 Å². The Morgan fingerprint density at radius 1 is 1.17 bits per heavy atom. The molecule has 2 aromatic carbocycles. The number of nitro groups is 1. The van der Waals surface area contributed by atoms with Crippen LogP contribution in [0.5, 0.6) is 0 Å². The molecular weight excluding hydrogens is 308 g/mol. The minimum Gasteiger partial charge on any atom is -0.395 e. The third-order valence-corrected chi connectivity index (χ3v) is 3.83. The van der Waals surface area contributed by atoms with Crippen molar-refractivity contribution in [1.29, 1.82) is 0 Å². The number of non-ortho nitro benzene ring substituents is 1. The van der Waals surface area contributed by atoms with Crippen molar-refractivity contribution in [3.63, 3.8) is 0 Å². The van der Waals surface area contributed by atoms with E-state index in [4.69, 9.17) is 0 Å². The monoisotopic (exact) mass is 328 g/mol. The molecular formula is C18H20N2O4. The van der Waals surface area contributed by atoms with E-state index in [1.807, 2.05) is 30.3 Å². The molecule has 0 unspecified atom stereocenters. The van der Waals surface area contributed by atoms with Crippen molar-refractivity contribution in [2.75, 3.05) is 19.7 Å². The summed E-state index contributed by atoms with van der Waals surface area (Å²) in [6.07, 6.45) is 0.653. The summed E-state index contributed by atoms with van der Waals surface area (Å²) < 4.78 is 0. The molecule has 1 N–H and O–H groups in total. The van der Waals surface area contributed by atoms with Gasteiger partial charge in [-0.25, -0.2) is 0 Å². The average molecular weight is 328 g/mol. The van der Waals surface area contributed by atoms with Gasteiger partial charge in [0.25, 0.3) is 11.6 Å². The van der Waals surface area contributed by atoms with Crippen LogP contribution in [-0.4, -0.2) is 40.5 Å². The highest BCUT2D eigenvalue weighted by molar-refractivity contribution is 5.96. The molecule has 24 heavy (non-hydrogen) atoms. The highest BCUT2D eigenvalue weighted by Crippen LogP contribution is 2.19. The largest absolute Gasteiger partial charge is 0.395 e. The van der Waals surface area contributed by atoms with E-state index in [9.17, 15) is 20.0 Å². The summed E-state index contributed by atoms with van der Waals surface area (Å²) >= 11 is 0. The summed E-state index contributed by atoms with van der Waals surface area (Å²) in [4.78, 5) is 24.7. The third kappa shape index (κ3) is 4.39. The van der Waals surface area contributed by atoms with Crippen LogP contribution in [0.4, 0.5) is 5.69 Å². The number of carbonyl (C=O) groups excluding carboxylic acids is 1. The summed E-state index contributed by atoms with van der Waals surface area (Å²) in [5.41, 5.74) is 1.94. The van der Waals surface area contributed by atoms with Gasteiger partial charge in [-0.3, -0.25) is 14.9 Å². The molecule has 6 nitrogen and oxygen atoms in total. The van der Waals surface area contributed by atoms with E-state index >= 15 is 0 Å². The number of nitro benzene ring substituents is 1. The first-order chi connectivity index (χ1) is 11.5. The summed E-state index contributed by atoms with van der Waals surface area (Å²) in [7, 11) is 0. The number of hydrogen-bond donors (Lipinski definition) is 1. The Hall–Kier alpha value is -2.73. The van der Waals surface area contributed by atoms with Crippen LogP contribution in [-0.2, 0) is 6.42 Å². The van der Waals surface area contributed by atoms with Gasteiger partial charge in [-0.05, 0) is 24.5 Å². The van der Waals surface area contributed by atoms with Crippen LogP contribution in [0.15, 0.2) is 48.5 Å². The number of rotatable bonds is 7. The molecule has 6 heteroatoms. The van der Waals surface area contributed by atoms with Gasteiger partial charge in [0.05, 0.1) is 11.5 Å². The second kappa shape index (κ2) is 8.21. The SMILES string of the molecule is Cc1ccc([N+](=O)[O-])cc1C(=O)N(CCO)CCc1ccccc1. The van der Waals surface area contributed by atoms with E-state index in [0.717, 1.165) is 5.56 Å². The quantitative estimate of drug-likeness (QED) is 0.625. The lowest BCUT2D eigenvalue weighted by molar-refractivity contribution is -0.384. The number of carbonyl (C=O) groups is 1. The standard InChI is InChI=1S/C18H20N2O4/c1-14-7-8-16(20(23)24)13-17(14)18(22)19(11-12-21)10-9-15-5-3-2-4-6-15/h2-8,13,21H,9-12H2,1H3. The van der Waals surface area contributed by atoms with E-state index < -0.39 is 4.92 Å². The maximum absolute atomic E-state index is 12.7. The minimum atomic E-state index is -0.517. The van der Waals surface area contributed by atoms with Gasteiger partial charge in [0.2, 0.25) is 0 Å². The van der Waals surface area contributed by atoms with E-state index in [1.165, 1.54) is 17.0 Å². The number of amides is 1. The fourth-order valence-electron chi connectivity index (χ4n) is 2.47.